The van der Waals surface area contributed by atoms with Crippen LogP contribution in [-0.2, 0) is 6.61 Å². The molecule has 2 aromatic carbocycles. The molecule has 2 N–H and O–H groups in total. The summed E-state index contributed by atoms with van der Waals surface area (Å²) >= 11 is 11.7. The average Bonchev–Trinajstić information content (AvgIpc) is 2.73. The maximum Gasteiger partial charge on any atom is 0.171 e. The van der Waals surface area contributed by atoms with Gasteiger partial charge < -0.3 is 20.1 Å². The van der Waals surface area contributed by atoms with Crippen LogP contribution in [0.3, 0.4) is 0 Å². The van der Waals surface area contributed by atoms with Gasteiger partial charge in [-0.1, -0.05) is 56.6 Å². The number of nitrogens with one attached hydrogen (secondary N) is 2. The predicted molar refractivity (Wildman–Crippen MR) is 127 cm³/mol. The first-order valence-corrected chi connectivity index (χ1v) is 10.9. The molecule has 5 nitrogen and oxygen atoms in total. The van der Waals surface area contributed by atoms with E-state index in [9.17, 15) is 5.26 Å². The number of nitriles is 1. The van der Waals surface area contributed by atoms with Crippen molar-refractivity contribution >= 4 is 28.9 Å². The highest BCUT2D eigenvalue weighted by Crippen LogP contribution is 2.38. The summed E-state index contributed by atoms with van der Waals surface area (Å²) in [6.07, 6.45) is 0. The van der Waals surface area contributed by atoms with Gasteiger partial charge >= 0.3 is 0 Å². The molecular formula is C24H26ClN3O2S. The van der Waals surface area contributed by atoms with Gasteiger partial charge in [0.2, 0.25) is 0 Å². The highest BCUT2D eigenvalue weighted by molar-refractivity contribution is 7.80. The fraction of sp³-hybridized carbons (Fsp3) is 0.333. The molecule has 162 valence electrons. The largest absolute Gasteiger partial charge is 0.490 e. The third kappa shape index (κ3) is 5.30. The molecule has 0 saturated heterocycles. The van der Waals surface area contributed by atoms with Crippen molar-refractivity contribution in [3.63, 3.8) is 0 Å². The Morgan fingerprint density at radius 2 is 1.87 bits per heavy atom. The molecule has 0 saturated carbocycles. The second-order valence-electron chi connectivity index (χ2n) is 8.20. The van der Waals surface area contributed by atoms with Crippen LogP contribution in [0.4, 0.5) is 0 Å². The van der Waals surface area contributed by atoms with Crippen LogP contribution < -0.4 is 20.1 Å². The number of allylic oxidation sites excluding steroid dienone is 1. The zero-order valence-electron chi connectivity index (χ0n) is 18.1. The van der Waals surface area contributed by atoms with Gasteiger partial charge in [0.05, 0.1) is 24.3 Å². The van der Waals surface area contributed by atoms with Crippen LogP contribution >= 0.6 is 23.8 Å². The molecule has 0 bridgehead atoms. The van der Waals surface area contributed by atoms with Crippen LogP contribution in [0.5, 0.6) is 11.5 Å². The third-order valence-electron chi connectivity index (χ3n) is 4.88. The minimum Gasteiger partial charge on any atom is -0.490 e. The van der Waals surface area contributed by atoms with Crippen molar-refractivity contribution in [3.8, 4) is 17.6 Å². The van der Waals surface area contributed by atoms with Gasteiger partial charge in [-0.05, 0) is 42.9 Å². The minimum atomic E-state index is -0.371. The van der Waals surface area contributed by atoms with Gasteiger partial charge in [-0.3, -0.25) is 0 Å². The average molecular weight is 456 g/mol. The highest BCUT2D eigenvalue weighted by Gasteiger charge is 2.32. The van der Waals surface area contributed by atoms with Gasteiger partial charge in [0.15, 0.2) is 16.6 Å². The Labute approximate surface area is 194 Å². The molecule has 0 amide bonds. The Balaban J connectivity index is 1.95. The normalized spacial score (nSPS) is 16.3. The number of thiocarbonyl (C=S) groups is 1. The van der Waals surface area contributed by atoms with Crippen LogP contribution in [0.2, 0.25) is 5.02 Å². The van der Waals surface area contributed by atoms with E-state index in [1.54, 1.807) is 0 Å². The van der Waals surface area contributed by atoms with Gasteiger partial charge in [-0.25, -0.2) is 0 Å². The van der Waals surface area contributed by atoms with E-state index in [4.69, 9.17) is 33.3 Å². The second-order valence-corrected chi connectivity index (χ2v) is 9.02. The molecule has 0 aliphatic carbocycles. The summed E-state index contributed by atoms with van der Waals surface area (Å²) in [5.74, 6) is 1.22. The summed E-state index contributed by atoms with van der Waals surface area (Å²) in [4.78, 5) is 0. The van der Waals surface area contributed by atoms with E-state index in [1.165, 1.54) is 0 Å². The standard InChI is InChI=1S/C24H26ClN3O2S/c1-5-29-20-12-15(10-11-19(20)30-14-16-8-6-7-9-18(16)25)21-17(13-26)22(24(2,3)4)28-23(31)27-21/h6-12,21H,5,14H2,1-4H3,(H2,27,28,31)/t21-/m0/s1. The summed E-state index contributed by atoms with van der Waals surface area (Å²) in [5, 5.41) is 17.4. The lowest BCUT2D eigenvalue weighted by molar-refractivity contribution is 0.269. The van der Waals surface area contributed by atoms with Crippen molar-refractivity contribution in [2.45, 2.75) is 40.3 Å². The number of rotatable bonds is 6. The van der Waals surface area contributed by atoms with Crippen LogP contribution in [0.15, 0.2) is 53.7 Å². The lowest BCUT2D eigenvalue weighted by Crippen LogP contribution is -2.46. The second kappa shape index (κ2) is 9.59. The Bertz CT molecular complexity index is 1050. The fourth-order valence-electron chi connectivity index (χ4n) is 3.39. The zero-order chi connectivity index (χ0) is 22.6. The molecule has 0 aromatic heterocycles. The molecule has 0 radical (unpaired) electrons. The Morgan fingerprint density at radius 3 is 2.52 bits per heavy atom. The summed E-state index contributed by atoms with van der Waals surface area (Å²) in [5.41, 5.74) is 2.94. The number of halogens is 1. The molecule has 0 unspecified atom stereocenters. The van der Waals surface area contributed by atoms with E-state index in [2.05, 4.69) is 37.5 Å². The molecule has 1 heterocycles. The van der Waals surface area contributed by atoms with Crippen LogP contribution in [0.25, 0.3) is 0 Å². The minimum absolute atomic E-state index is 0.254. The first-order chi connectivity index (χ1) is 14.7. The molecule has 0 spiro atoms. The first kappa shape index (κ1) is 22.9. The maximum absolute atomic E-state index is 9.91. The topological polar surface area (TPSA) is 66.3 Å². The lowest BCUT2D eigenvalue weighted by atomic mass is 9.84. The monoisotopic (exact) mass is 455 g/mol. The Hall–Kier alpha value is -2.75. The van der Waals surface area contributed by atoms with Crippen LogP contribution in [-0.4, -0.2) is 11.7 Å². The quantitative estimate of drug-likeness (QED) is 0.548. The molecule has 31 heavy (non-hydrogen) atoms. The smallest absolute Gasteiger partial charge is 0.171 e. The Kier molecular flexibility index (Phi) is 7.09. The predicted octanol–water partition coefficient (Wildman–Crippen LogP) is 5.66. The fourth-order valence-corrected chi connectivity index (χ4v) is 3.80. The molecule has 2 aromatic rings. The zero-order valence-corrected chi connectivity index (χ0v) is 19.7. The van der Waals surface area contributed by atoms with E-state index < -0.39 is 0 Å². The molecule has 7 heteroatoms. The molecule has 0 fully saturated rings. The number of nitrogens with zero attached hydrogens (tertiary/aromatic N) is 1. The lowest BCUT2D eigenvalue weighted by Gasteiger charge is -2.35. The molecule has 1 atom stereocenters. The van der Waals surface area contributed by atoms with Gasteiger partial charge in [0.25, 0.3) is 0 Å². The van der Waals surface area contributed by atoms with Crippen molar-refractivity contribution in [2.24, 2.45) is 5.41 Å². The number of benzene rings is 2. The van der Waals surface area contributed by atoms with E-state index in [-0.39, 0.29) is 11.5 Å². The molecule has 1 aliphatic heterocycles. The number of hydrogen-bond acceptors (Lipinski definition) is 4. The molecular weight excluding hydrogens is 430 g/mol. The van der Waals surface area contributed by atoms with E-state index >= 15 is 0 Å². The van der Waals surface area contributed by atoms with Gasteiger partial charge in [-0.2, -0.15) is 5.26 Å². The van der Waals surface area contributed by atoms with E-state index in [0.29, 0.717) is 40.4 Å². The molecule has 1 aliphatic rings. The number of ether oxygens (including phenoxy) is 2. The maximum atomic E-state index is 9.91. The van der Waals surface area contributed by atoms with Gasteiger partial charge in [0.1, 0.15) is 6.61 Å². The summed E-state index contributed by atoms with van der Waals surface area (Å²) in [7, 11) is 0. The van der Waals surface area contributed by atoms with Crippen molar-refractivity contribution in [2.75, 3.05) is 6.61 Å². The van der Waals surface area contributed by atoms with Crippen molar-refractivity contribution < 1.29 is 9.47 Å². The van der Waals surface area contributed by atoms with Crippen LogP contribution in [0, 0.1) is 16.7 Å². The third-order valence-corrected chi connectivity index (χ3v) is 5.47. The summed E-state index contributed by atoms with van der Waals surface area (Å²) in [6.45, 7) is 8.88. The van der Waals surface area contributed by atoms with Crippen LogP contribution in [0.1, 0.15) is 44.9 Å². The Morgan fingerprint density at radius 1 is 1.13 bits per heavy atom. The first-order valence-electron chi connectivity index (χ1n) is 10.1. The summed E-state index contributed by atoms with van der Waals surface area (Å²) < 4.78 is 11.8. The van der Waals surface area contributed by atoms with Crippen molar-refractivity contribution in [1.82, 2.24) is 10.6 Å². The summed E-state index contributed by atoms with van der Waals surface area (Å²) in [6, 6.07) is 15.2. The SMILES string of the molecule is CCOc1cc([C@@H]2NC(=S)NC(C(C)(C)C)=C2C#N)ccc1OCc1ccccc1Cl. The van der Waals surface area contributed by atoms with E-state index in [0.717, 1.165) is 16.8 Å². The molecule has 3 rings (SSSR count). The highest BCUT2D eigenvalue weighted by atomic mass is 35.5. The van der Waals surface area contributed by atoms with Crippen molar-refractivity contribution in [3.05, 3.63) is 69.9 Å². The van der Waals surface area contributed by atoms with Crippen molar-refractivity contribution in [1.29, 1.82) is 5.26 Å². The van der Waals surface area contributed by atoms with E-state index in [1.807, 2.05) is 49.4 Å². The van der Waals surface area contributed by atoms with Gasteiger partial charge in [0, 0.05) is 21.7 Å². The van der Waals surface area contributed by atoms with Gasteiger partial charge in [-0.15, -0.1) is 0 Å². The number of hydrogen-bond donors (Lipinski definition) is 2.